The highest BCUT2D eigenvalue weighted by atomic mass is 35.5. The first kappa shape index (κ1) is 27.4. The van der Waals surface area contributed by atoms with Gasteiger partial charge in [0.25, 0.3) is 10.0 Å². The molecule has 0 spiro atoms. The van der Waals surface area contributed by atoms with Crippen LogP contribution in [0.25, 0.3) is 22.5 Å². The van der Waals surface area contributed by atoms with Crippen LogP contribution in [0.3, 0.4) is 0 Å². The molecule has 3 aromatic carbocycles. The molecule has 1 amide bonds. The average molecular weight is 591 g/mol. The molecule has 0 saturated heterocycles. The Labute approximate surface area is 240 Å². The van der Waals surface area contributed by atoms with Crippen LogP contribution in [0.5, 0.6) is 0 Å². The minimum Gasteiger partial charge on any atom is -0.332 e. The fourth-order valence-electron chi connectivity index (χ4n) is 3.79. The van der Waals surface area contributed by atoms with Crippen LogP contribution in [0.15, 0.2) is 107 Å². The third-order valence-electron chi connectivity index (χ3n) is 5.68. The van der Waals surface area contributed by atoms with E-state index in [1.807, 2.05) is 60.7 Å². The number of aromatic amines is 1. The third kappa shape index (κ3) is 6.87. The van der Waals surface area contributed by atoms with Gasteiger partial charge in [0.15, 0.2) is 16.1 Å². The Morgan fingerprint density at radius 2 is 1.52 bits per heavy atom. The Kier molecular flexibility index (Phi) is 8.44. The van der Waals surface area contributed by atoms with Crippen LogP contribution in [-0.2, 0) is 14.8 Å². The van der Waals surface area contributed by atoms with Gasteiger partial charge in [0.05, 0.1) is 16.3 Å². The number of halogens is 1. The van der Waals surface area contributed by atoms with Gasteiger partial charge in [-0.2, -0.15) is 0 Å². The zero-order chi connectivity index (χ0) is 28.0. The largest absolute Gasteiger partial charge is 0.332 e. The molecular formula is C28H23ClN6O3S2. The molecule has 5 aromatic rings. The van der Waals surface area contributed by atoms with Crippen LogP contribution in [0.4, 0.5) is 11.5 Å². The van der Waals surface area contributed by atoms with E-state index < -0.39 is 10.0 Å². The van der Waals surface area contributed by atoms with E-state index in [-0.39, 0.29) is 28.2 Å². The quantitative estimate of drug-likeness (QED) is 0.167. The highest BCUT2D eigenvalue weighted by molar-refractivity contribution is 7.99. The van der Waals surface area contributed by atoms with E-state index in [2.05, 4.69) is 25.2 Å². The van der Waals surface area contributed by atoms with Gasteiger partial charge in [-0.05, 0) is 36.4 Å². The van der Waals surface area contributed by atoms with Crippen molar-refractivity contribution in [2.24, 2.45) is 0 Å². The fraction of sp³-hybridized carbons (Fsp3) is 0.0714. The highest BCUT2D eigenvalue weighted by Gasteiger charge is 2.17. The SMILES string of the molecule is O=C(CCSc1nc(-c2ccccc2)c(-c2ccccc2)[nH]1)Nc1ccc(S(=O)(=O)Nc2ccc(Cl)nn2)cc1. The van der Waals surface area contributed by atoms with Crippen LogP contribution in [0.2, 0.25) is 5.15 Å². The van der Waals surface area contributed by atoms with E-state index in [1.54, 1.807) is 0 Å². The monoisotopic (exact) mass is 590 g/mol. The lowest BCUT2D eigenvalue weighted by Crippen LogP contribution is -2.15. The summed E-state index contributed by atoms with van der Waals surface area (Å²) in [5.41, 5.74) is 4.29. The van der Waals surface area contributed by atoms with Crippen molar-refractivity contribution in [1.82, 2.24) is 20.2 Å². The maximum absolute atomic E-state index is 12.6. The van der Waals surface area contributed by atoms with Crippen molar-refractivity contribution in [2.45, 2.75) is 16.5 Å². The summed E-state index contributed by atoms with van der Waals surface area (Å²) in [5, 5.41) is 11.0. The number of nitrogens with zero attached hydrogens (tertiary/aromatic N) is 3. The van der Waals surface area contributed by atoms with Crippen molar-refractivity contribution in [3.05, 3.63) is 102 Å². The molecule has 2 heterocycles. The number of anilines is 2. The van der Waals surface area contributed by atoms with Crippen molar-refractivity contribution in [3.63, 3.8) is 0 Å². The summed E-state index contributed by atoms with van der Waals surface area (Å²) < 4.78 is 27.5. The molecule has 0 radical (unpaired) electrons. The van der Waals surface area contributed by atoms with Gasteiger partial charge in [-0.3, -0.25) is 9.52 Å². The van der Waals surface area contributed by atoms with Crippen LogP contribution in [-0.4, -0.2) is 40.2 Å². The summed E-state index contributed by atoms with van der Waals surface area (Å²) in [6.07, 6.45) is 0.240. The summed E-state index contributed by atoms with van der Waals surface area (Å²) in [6.45, 7) is 0. The first-order valence-electron chi connectivity index (χ1n) is 12.1. The van der Waals surface area contributed by atoms with E-state index in [0.717, 1.165) is 27.7 Å². The smallest absolute Gasteiger partial charge is 0.263 e. The fourth-order valence-corrected chi connectivity index (χ4v) is 5.69. The Balaban J connectivity index is 1.18. The van der Waals surface area contributed by atoms with E-state index in [4.69, 9.17) is 16.6 Å². The Bertz CT molecular complexity index is 1640. The molecule has 9 nitrogen and oxygen atoms in total. The van der Waals surface area contributed by atoms with Crippen molar-refractivity contribution in [1.29, 1.82) is 0 Å². The molecule has 0 fully saturated rings. The Hall–Kier alpha value is -4.19. The molecule has 3 N–H and O–H groups in total. The van der Waals surface area contributed by atoms with Gasteiger partial charge in [-0.1, -0.05) is 84.0 Å². The zero-order valence-electron chi connectivity index (χ0n) is 20.9. The maximum atomic E-state index is 12.6. The topological polar surface area (TPSA) is 130 Å². The predicted molar refractivity (Wildman–Crippen MR) is 158 cm³/mol. The third-order valence-corrected chi connectivity index (χ3v) is 8.13. The molecule has 0 unspecified atom stereocenters. The van der Waals surface area contributed by atoms with Crippen LogP contribution < -0.4 is 10.0 Å². The number of aromatic nitrogens is 4. The van der Waals surface area contributed by atoms with Gasteiger partial charge >= 0.3 is 0 Å². The molecule has 0 aliphatic rings. The second-order valence-electron chi connectivity index (χ2n) is 8.52. The number of hydrogen-bond acceptors (Lipinski definition) is 7. The zero-order valence-corrected chi connectivity index (χ0v) is 23.3. The minimum absolute atomic E-state index is 0.0130. The van der Waals surface area contributed by atoms with Crippen LogP contribution in [0, 0.1) is 0 Å². The number of carbonyl (C=O) groups excluding carboxylic acids is 1. The molecule has 5 rings (SSSR count). The molecule has 40 heavy (non-hydrogen) atoms. The average Bonchev–Trinajstić information content (AvgIpc) is 3.40. The van der Waals surface area contributed by atoms with Gasteiger partial charge in [0.1, 0.15) is 0 Å². The summed E-state index contributed by atoms with van der Waals surface area (Å²) in [5.74, 6) is 0.346. The van der Waals surface area contributed by atoms with Gasteiger partial charge < -0.3 is 10.3 Å². The lowest BCUT2D eigenvalue weighted by Gasteiger charge is -2.08. The van der Waals surface area contributed by atoms with E-state index in [9.17, 15) is 13.2 Å². The Morgan fingerprint density at radius 1 is 0.850 bits per heavy atom. The van der Waals surface area contributed by atoms with Gasteiger partial charge in [0, 0.05) is 29.0 Å². The number of imidazole rings is 1. The van der Waals surface area contributed by atoms with E-state index in [0.29, 0.717) is 11.4 Å². The number of hydrogen-bond donors (Lipinski definition) is 3. The first-order chi connectivity index (χ1) is 19.4. The lowest BCUT2D eigenvalue weighted by atomic mass is 10.1. The number of thioether (sulfide) groups is 1. The summed E-state index contributed by atoms with van der Waals surface area (Å²) in [6, 6.07) is 28.6. The number of benzene rings is 3. The molecule has 0 aliphatic carbocycles. The number of H-pyrrole nitrogens is 1. The molecule has 0 bridgehead atoms. The molecular weight excluding hydrogens is 568 g/mol. The van der Waals surface area contributed by atoms with Crippen molar-refractivity contribution in [2.75, 3.05) is 15.8 Å². The summed E-state index contributed by atoms with van der Waals surface area (Å²) in [7, 11) is -3.88. The number of amides is 1. The number of nitrogens with one attached hydrogen (secondary N) is 3. The van der Waals surface area contributed by atoms with Crippen molar-refractivity contribution < 1.29 is 13.2 Å². The van der Waals surface area contributed by atoms with E-state index >= 15 is 0 Å². The molecule has 0 atom stereocenters. The summed E-state index contributed by atoms with van der Waals surface area (Å²) >= 11 is 7.14. The van der Waals surface area contributed by atoms with Crippen LogP contribution >= 0.6 is 23.4 Å². The minimum atomic E-state index is -3.88. The van der Waals surface area contributed by atoms with Crippen molar-refractivity contribution in [3.8, 4) is 22.5 Å². The normalized spacial score (nSPS) is 11.2. The van der Waals surface area contributed by atoms with Gasteiger partial charge in [-0.25, -0.2) is 13.4 Å². The van der Waals surface area contributed by atoms with Gasteiger partial charge in [0.2, 0.25) is 5.91 Å². The summed E-state index contributed by atoms with van der Waals surface area (Å²) in [4.78, 5) is 20.8. The standard InChI is InChI=1S/C28H23ClN6O3S2/c29-23-15-16-24(34-33-23)35-40(37,38)22-13-11-21(12-14-22)30-25(36)17-18-39-28-31-26(19-7-3-1-4-8-19)27(32-28)20-9-5-2-6-10-20/h1-16H,17-18H2,(H,30,36)(H,31,32)(H,34,35). The predicted octanol–water partition coefficient (Wildman–Crippen LogP) is 6.11. The number of sulfonamides is 1. The highest BCUT2D eigenvalue weighted by Crippen LogP contribution is 2.32. The second-order valence-corrected chi connectivity index (χ2v) is 11.7. The molecule has 0 saturated carbocycles. The molecule has 0 aliphatic heterocycles. The number of carbonyl (C=O) groups is 1. The molecule has 202 valence electrons. The Morgan fingerprint density at radius 3 is 2.17 bits per heavy atom. The first-order valence-corrected chi connectivity index (χ1v) is 15.0. The molecule has 2 aromatic heterocycles. The lowest BCUT2D eigenvalue weighted by molar-refractivity contribution is -0.115. The van der Waals surface area contributed by atoms with Gasteiger partial charge in [-0.15, -0.1) is 10.2 Å². The van der Waals surface area contributed by atoms with E-state index in [1.165, 1.54) is 48.2 Å². The number of rotatable bonds is 10. The maximum Gasteiger partial charge on any atom is 0.263 e. The van der Waals surface area contributed by atoms with Crippen LogP contribution in [0.1, 0.15) is 6.42 Å². The molecule has 12 heteroatoms. The van der Waals surface area contributed by atoms with Crippen molar-refractivity contribution >= 4 is 50.8 Å². The second kappa shape index (κ2) is 12.3.